The highest BCUT2D eigenvalue weighted by Gasteiger charge is 2.21. The predicted octanol–water partition coefficient (Wildman–Crippen LogP) is 3.64. The number of hydrogen-bond acceptors (Lipinski definition) is 3. The second kappa shape index (κ2) is 11.7. The summed E-state index contributed by atoms with van der Waals surface area (Å²) in [5.41, 5.74) is 1.92. The summed E-state index contributed by atoms with van der Waals surface area (Å²) in [5.74, 6) is 1.36. The molecule has 0 saturated carbocycles. The number of amides is 1. The maximum absolute atomic E-state index is 12.0. The molecule has 0 atom stereocenters. The van der Waals surface area contributed by atoms with Gasteiger partial charge in [-0.25, -0.2) is 4.99 Å². The number of carbonyl (C=O) groups excluding carboxylic acids is 1. The van der Waals surface area contributed by atoms with E-state index in [1.54, 1.807) is 0 Å². The number of benzene rings is 1. The van der Waals surface area contributed by atoms with Crippen molar-refractivity contribution in [3.05, 3.63) is 29.8 Å². The minimum Gasteiger partial charge on any atom is -0.378 e. The lowest BCUT2D eigenvalue weighted by Crippen LogP contribution is -2.47. The van der Waals surface area contributed by atoms with Crippen molar-refractivity contribution in [2.45, 2.75) is 59.6 Å². The van der Waals surface area contributed by atoms with Gasteiger partial charge in [-0.2, -0.15) is 0 Å². The average Bonchev–Trinajstić information content (AvgIpc) is 2.66. The first-order valence-electron chi connectivity index (χ1n) is 10.6. The number of rotatable bonds is 8. The van der Waals surface area contributed by atoms with E-state index >= 15 is 0 Å². The van der Waals surface area contributed by atoms with Crippen LogP contribution in [-0.4, -0.2) is 49.1 Å². The van der Waals surface area contributed by atoms with Gasteiger partial charge in [-0.1, -0.05) is 26.0 Å². The molecule has 6 heteroatoms. The zero-order chi connectivity index (χ0) is 20.4. The first-order valence-corrected chi connectivity index (χ1v) is 10.6. The van der Waals surface area contributed by atoms with Gasteiger partial charge in [0.15, 0.2) is 5.96 Å². The van der Waals surface area contributed by atoms with Crippen molar-refractivity contribution >= 4 is 17.6 Å². The number of anilines is 1. The lowest BCUT2D eigenvalue weighted by atomic mass is 10.1. The highest BCUT2D eigenvalue weighted by Crippen LogP contribution is 2.16. The Balaban J connectivity index is 1.97. The van der Waals surface area contributed by atoms with E-state index in [9.17, 15) is 4.79 Å². The Hall–Kier alpha value is -2.08. The molecule has 2 rings (SSSR count). The van der Waals surface area contributed by atoms with Gasteiger partial charge in [-0.15, -0.1) is 0 Å². The van der Waals surface area contributed by atoms with Crippen LogP contribution in [0, 0.1) is 5.92 Å². The molecule has 1 aliphatic heterocycles. The number of ether oxygens (including phenoxy) is 1. The van der Waals surface area contributed by atoms with Crippen molar-refractivity contribution in [1.29, 1.82) is 0 Å². The van der Waals surface area contributed by atoms with Gasteiger partial charge in [-0.05, 0) is 50.3 Å². The second-order valence-electron chi connectivity index (χ2n) is 7.66. The van der Waals surface area contributed by atoms with Crippen LogP contribution in [0.2, 0.25) is 0 Å². The molecule has 2 N–H and O–H groups in total. The highest BCUT2D eigenvalue weighted by atomic mass is 16.5. The molecular formula is C22H36N4O2. The van der Waals surface area contributed by atoms with Crippen molar-refractivity contribution < 1.29 is 9.53 Å². The van der Waals surface area contributed by atoms with Gasteiger partial charge in [0, 0.05) is 38.3 Å². The molecule has 0 radical (unpaired) electrons. The number of nitrogens with one attached hydrogen (secondary N) is 2. The molecule has 1 aliphatic rings. The van der Waals surface area contributed by atoms with Crippen molar-refractivity contribution in [1.82, 2.24) is 10.2 Å². The number of likely N-dealkylation sites (tertiary alicyclic amines) is 1. The van der Waals surface area contributed by atoms with Gasteiger partial charge in [0.05, 0.1) is 12.6 Å². The molecule has 0 aromatic heterocycles. The Labute approximate surface area is 169 Å². The molecule has 1 aromatic rings. The van der Waals surface area contributed by atoms with E-state index in [0.717, 1.165) is 56.3 Å². The first-order chi connectivity index (χ1) is 13.5. The molecule has 1 aromatic carbocycles. The SMILES string of the molecule is CCNC(=NCc1cccc(NC(=O)CC(C)C)c1)N1CCC(OCC)CC1. The molecule has 1 amide bonds. The summed E-state index contributed by atoms with van der Waals surface area (Å²) in [4.78, 5) is 19.1. The van der Waals surface area contributed by atoms with Gasteiger partial charge in [0.1, 0.15) is 0 Å². The fourth-order valence-electron chi connectivity index (χ4n) is 3.39. The molecule has 0 spiro atoms. The van der Waals surface area contributed by atoms with Crippen LogP contribution in [0.15, 0.2) is 29.3 Å². The van der Waals surface area contributed by atoms with E-state index in [-0.39, 0.29) is 5.91 Å². The van der Waals surface area contributed by atoms with Crippen LogP contribution in [0.25, 0.3) is 0 Å². The summed E-state index contributed by atoms with van der Waals surface area (Å²) in [6.45, 7) is 12.4. The fourth-order valence-corrected chi connectivity index (χ4v) is 3.39. The molecular weight excluding hydrogens is 352 g/mol. The van der Waals surface area contributed by atoms with E-state index < -0.39 is 0 Å². The summed E-state index contributed by atoms with van der Waals surface area (Å²) < 4.78 is 5.75. The topological polar surface area (TPSA) is 66.0 Å². The Morgan fingerprint density at radius 3 is 2.68 bits per heavy atom. The van der Waals surface area contributed by atoms with Gasteiger partial charge >= 0.3 is 0 Å². The lowest BCUT2D eigenvalue weighted by molar-refractivity contribution is -0.116. The van der Waals surface area contributed by atoms with Crippen molar-refractivity contribution in [2.75, 3.05) is 31.6 Å². The van der Waals surface area contributed by atoms with Crippen LogP contribution in [0.5, 0.6) is 0 Å². The Morgan fingerprint density at radius 1 is 1.29 bits per heavy atom. The number of carbonyl (C=O) groups is 1. The van der Waals surface area contributed by atoms with E-state index in [2.05, 4.69) is 29.4 Å². The maximum Gasteiger partial charge on any atom is 0.224 e. The minimum absolute atomic E-state index is 0.0566. The highest BCUT2D eigenvalue weighted by molar-refractivity contribution is 5.90. The number of piperidine rings is 1. The van der Waals surface area contributed by atoms with E-state index in [0.29, 0.717) is 25.0 Å². The summed E-state index contributed by atoms with van der Waals surface area (Å²) >= 11 is 0. The largest absolute Gasteiger partial charge is 0.378 e. The second-order valence-corrected chi connectivity index (χ2v) is 7.66. The number of aliphatic imine (C=N–C) groups is 1. The van der Waals surface area contributed by atoms with Crippen LogP contribution in [-0.2, 0) is 16.1 Å². The number of guanidine groups is 1. The van der Waals surface area contributed by atoms with Crippen molar-refractivity contribution in [3.63, 3.8) is 0 Å². The van der Waals surface area contributed by atoms with Crippen LogP contribution < -0.4 is 10.6 Å². The zero-order valence-corrected chi connectivity index (χ0v) is 17.8. The summed E-state index contributed by atoms with van der Waals surface area (Å²) in [6.07, 6.45) is 2.98. The van der Waals surface area contributed by atoms with Crippen LogP contribution in [0.3, 0.4) is 0 Å². The van der Waals surface area contributed by atoms with E-state index in [1.165, 1.54) is 0 Å². The average molecular weight is 389 g/mol. The van der Waals surface area contributed by atoms with E-state index in [1.807, 2.05) is 38.1 Å². The first kappa shape index (κ1) is 22.2. The minimum atomic E-state index is 0.0566. The molecule has 0 bridgehead atoms. The van der Waals surface area contributed by atoms with Crippen LogP contribution >= 0.6 is 0 Å². The summed E-state index contributed by atoms with van der Waals surface area (Å²) in [6, 6.07) is 7.95. The van der Waals surface area contributed by atoms with Gasteiger partial charge in [0.2, 0.25) is 5.91 Å². The standard InChI is InChI=1S/C22H36N4O2/c1-5-23-22(26-12-10-20(11-13-26)28-6-2)24-16-18-8-7-9-19(15-18)25-21(27)14-17(3)4/h7-9,15,17,20H,5-6,10-14,16H2,1-4H3,(H,23,24)(H,25,27). The van der Waals surface area contributed by atoms with Gasteiger partial charge in [-0.3, -0.25) is 4.79 Å². The quantitative estimate of drug-likeness (QED) is 0.527. The maximum atomic E-state index is 12.0. The summed E-state index contributed by atoms with van der Waals surface area (Å²) in [5, 5.41) is 6.38. The van der Waals surface area contributed by atoms with Crippen LogP contribution in [0.1, 0.15) is 52.5 Å². The molecule has 6 nitrogen and oxygen atoms in total. The molecule has 0 aliphatic carbocycles. The monoisotopic (exact) mass is 388 g/mol. The van der Waals surface area contributed by atoms with Crippen molar-refractivity contribution in [2.24, 2.45) is 10.9 Å². The normalized spacial score (nSPS) is 15.8. The predicted molar refractivity (Wildman–Crippen MR) is 116 cm³/mol. The molecule has 0 unspecified atom stereocenters. The van der Waals surface area contributed by atoms with E-state index in [4.69, 9.17) is 9.73 Å². The smallest absolute Gasteiger partial charge is 0.224 e. The zero-order valence-electron chi connectivity index (χ0n) is 17.8. The molecule has 1 fully saturated rings. The number of hydrogen-bond donors (Lipinski definition) is 2. The Morgan fingerprint density at radius 2 is 2.04 bits per heavy atom. The lowest BCUT2D eigenvalue weighted by Gasteiger charge is -2.34. The van der Waals surface area contributed by atoms with Gasteiger partial charge < -0.3 is 20.3 Å². The molecule has 1 heterocycles. The third-order valence-corrected chi connectivity index (χ3v) is 4.69. The fraction of sp³-hybridized carbons (Fsp3) is 0.636. The summed E-state index contributed by atoms with van der Waals surface area (Å²) in [7, 11) is 0. The Bertz CT molecular complexity index is 637. The third-order valence-electron chi connectivity index (χ3n) is 4.69. The molecule has 28 heavy (non-hydrogen) atoms. The van der Waals surface area contributed by atoms with Gasteiger partial charge in [0.25, 0.3) is 0 Å². The molecule has 1 saturated heterocycles. The number of nitrogens with zero attached hydrogens (tertiary/aromatic N) is 2. The molecule has 156 valence electrons. The van der Waals surface area contributed by atoms with Crippen LogP contribution in [0.4, 0.5) is 5.69 Å². The third kappa shape index (κ3) is 7.50. The Kier molecular flexibility index (Phi) is 9.28. The van der Waals surface area contributed by atoms with Crippen molar-refractivity contribution in [3.8, 4) is 0 Å².